The number of aryl methyl sites for hydroxylation is 1. The van der Waals surface area contributed by atoms with Gasteiger partial charge in [0.1, 0.15) is 12.0 Å². The van der Waals surface area contributed by atoms with E-state index in [0.717, 1.165) is 29.8 Å². The molecule has 8 heteroatoms. The molecule has 3 aromatic rings. The second-order valence-electron chi connectivity index (χ2n) is 5.82. The summed E-state index contributed by atoms with van der Waals surface area (Å²) in [7, 11) is 0. The van der Waals surface area contributed by atoms with E-state index in [-0.39, 0.29) is 17.2 Å². The van der Waals surface area contributed by atoms with Crippen molar-refractivity contribution in [3.05, 3.63) is 66.0 Å². The molecule has 0 spiro atoms. The van der Waals surface area contributed by atoms with Crippen LogP contribution in [0.5, 0.6) is 0 Å². The molecule has 3 rings (SSSR count). The summed E-state index contributed by atoms with van der Waals surface area (Å²) in [6.07, 6.45) is -2.31. The normalized spacial score (nSPS) is 11.3. The van der Waals surface area contributed by atoms with Gasteiger partial charge in [0.05, 0.1) is 5.56 Å². The minimum absolute atomic E-state index is 0.209. The molecule has 0 amide bonds. The van der Waals surface area contributed by atoms with Crippen LogP contribution in [0.4, 0.5) is 41.9 Å². The first kappa shape index (κ1) is 18.5. The molecule has 4 N–H and O–H groups in total. The van der Waals surface area contributed by atoms with Crippen molar-refractivity contribution in [3.63, 3.8) is 0 Å². The van der Waals surface area contributed by atoms with Gasteiger partial charge in [-0.2, -0.15) is 13.2 Å². The van der Waals surface area contributed by atoms with E-state index >= 15 is 0 Å². The maximum atomic E-state index is 12.9. The molecule has 140 valence electrons. The molecule has 2 aromatic carbocycles. The molecule has 0 aliphatic rings. The number of nitrogens with one attached hydrogen (secondary N) is 2. The van der Waals surface area contributed by atoms with Crippen LogP contribution in [0.3, 0.4) is 0 Å². The van der Waals surface area contributed by atoms with Gasteiger partial charge in [0.25, 0.3) is 0 Å². The Morgan fingerprint density at radius 3 is 2.37 bits per heavy atom. The molecule has 0 saturated carbocycles. The zero-order valence-electron chi connectivity index (χ0n) is 14.5. The summed E-state index contributed by atoms with van der Waals surface area (Å²) in [6.45, 7) is 2.03. The summed E-state index contributed by atoms with van der Waals surface area (Å²) in [4.78, 5) is 8.18. The Hall–Kier alpha value is -3.29. The third-order valence-corrected chi connectivity index (χ3v) is 3.99. The molecule has 0 saturated heterocycles. The predicted octanol–water partition coefficient (Wildman–Crippen LogP) is 5.13. The van der Waals surface area contributed by atoms with Crippen molar-refractivity contribution >= 4 is 28.7 Å². The van der Waals surface area contributed by atoms with Gasteiger partial charge in [-0.05, 0) is 36.2 Å². The minimum Gasteiger partial charge on any atom is -0.393 e. The van der Waals surface area contributed by atoms with Crippen LogP contribution in [0.2, 0.25) is 0 Å². The number of rotatable bonds is 5. The average molecular weight is 373 g/mol. The van der Waals surface area contributed by atoms with E-state index in [2.05, 4.69) is 20.6 Å². The van der Waals surface area contributed by atoms with Gasteiger partial charge in [-0.3, -0.25) is 0 Å². The molecule has 0 radical (unpaired) electrons. The summed E-state index contributed by atoms with van der Waals surface area (Å²) in [5.41, 5.74) is 7.75. The highest BCUT2D eigenvalue weighted by Gasteiger charge is 2.30. The molecule has 0 fully saturated rings. The number of hydrogen-bond acceptors (Lipinski definition) is 5. The molecule has 0 aliphatic carbocycles. The second-order valence-corrected chi connectivity index (χ2v) is 5.82. The van der Waals surface area contributed by atoms with Crippen LogP contribution in [0.1, 0.15) is 18.1 Å². The fourth-order valence-electron chi connectivity index (χ4n) is 2.58. The summed E-state index contributed by atoms with van der Waals surface area (Å²) < 4.78 is 38.6. The van der Waals surface area contributed by atoms with Crippen LogP contribution in [-0.4, -0.2) is 9.97 Å². The smallest absolute Gasteiger partial charge is 0.393 e. The summed E-state index contributed by atoms with van der Waals surface area (Å²) >= 11 is 0. The van der Waals surface area contributed by atoms with Crippen molar-refractivity contribution in [2.24, 2.45) is 0 Å². The van der Waals surface area contributed by atoms with E-state index in [1.807, 2.05) is 31.2 Å². The Morgan fingerprint density at radius 1 is 0.963 bits per heavy atom. The third-order valence-electron chi connectivity index (χ3n) is 3.99. The maximum Gasteiger partial charge on any atom is 0.416 e. The zero-order chi connectivity index (χ0) is 19.4. The van der Waals surface area contributed by atoms with Gasteiger partial charge in [0, 0.05) is 11.4 Å². The number of nitrogen functional groups attached to an aromatic ring is 1. The first-order chi connectivity index (χ1) is 12.9. The molecule has 0 bridgehead atoms. The highest BCUT2D eigenvalue weighted by Crippen LogP contribution is 2.33. The first-order valence-corrected chi connectivity index (χ1v) is 8.28. The number of alkyl halides is 3. The summed E-state index contributed by atoms with van der Waals surface area (Å²) in [5, 5.41) is 5.98. The van der Waals surface area contributed by atoms with Crippen LogP contribution in [0, 0.1) is 0 Å². The Labute approximate surface area is 154 Å². The first-order valence-electron chi connectivity index (χ1n) is 8.28. The van der Waals surface area contributed by atoms with Gasteiger partial charge in [0.15, 0.2) is 11.6 Å². The fourth-order valence-corrected chi connectivity index (χ4v) is 2.58. The lowest BCUT2D eigenvalue weighted by atomic mass is 10.1. The Bertz CT molecular complexity index is 941. The van der Waals surface area contributed by atoms with Crippen molar-refractivity contribution in [2.45, 2.75) is 19.5 Å². The number of aromatic nitrogens is 2. The van der Waals surface area contributed by atoms with Gasteiger partial charge in [-0.15, -0.1) is 0 Å². The number of nitrogens with zero attached hydrogens (tertiary/aromatic N) is 2. The lowest BCUT2D eigenvalue weighted by molar-refractivity contribution is -0.137. The predicted molar refractivity (Wildman–Crippen MR) is 100 cm³/mol. The van der Waals surface area contributed by atoms with Crippen molar-refractivity contribution in [2.75, 3.05) is 16.4 Å². The summed E-state index contributed by atoms with van der Waals surface area (Å²) in [6, 6.07) is 12.6. The third kappa shape index (κ3) is 4.28. The van der Waals surface area contributed by atoms with Crippen LogP contribution in [0.15, 0.2) is 54.9 Å². The van der Waals surface area contributed by atoms with E-state index in [4.69, 9.17) is 5.73 Å². The average Bonchev–Trinajstić information content (AvgIpc) is 2.65. The number of anilines is 5. The highest BCUT2D eigenvalue weighted by molar-refractivity contribution is 5.80. The fraction of sp³-hybridized carbons (Fsp3) is 0.158. The number of halogens is 3. The second kappa shape index (κ2) is 7.53. The quantitative estimate of drug-likeness (QED) is 0.578. The van der Waals surface area contributed by atoms with Crippen molar-refractivity contribution < 1.29 is 13.2 Å². The lowest BCUT2D eigenvalue weighted by Crippen LogP contribution is -2.07. The van der Waals surface area contributed by atoms with Crippen LogP contribution in [0.25, 0.3) is 0 Å². The van der Waals surface area contributed by atoms with E-state index in [1.165, 1.54) is 18.5 Å². The zero-order valence-corrected chi connectivity index (χ0v) is 14.5. The van der Waals surface area contributed by atoms with Crippen molar-refractivity contribution in [3.8, 4) is 0 Å². The summed E-state index contributed by atoms with van der Waals surface area (Å²) in [5.74, 6) is 0.598. The van der Waals surface area contributed by atoms with Gasteiger partial charge < -0.3 is 16.4 Å². The Balaban J connectivity index is 1.87. The van der Waals surface area contributed by atoms with E-state index in [9.17, 15) is 13.2 Å². The number of hydrogen-bond donors (Lipinski definition) is 3. The van der Waals surface area contributed by atoms with Crippen molar-refractivity contribution in [1.82, 2.24) is 9.97 Å². The lowest BCUT2D eigenvalue weighted by Gasteiger charge is -2.15. The molecule has 1 heterocycles. The van der Waals surface area contributed by atoms with Crippen LogP contribution >= 0.6 is 0 Å². The largest absolute Gasteiger partial charge is 0.416 e. The topological polar surface area (TPSA) is 75.9 Å². The van der Waals surface area contributed by atoms with Gasteiger partial charge >= 0.3 is 6.18 Å². The molecular formula is C19H18F3N5. The number of para-hydroxylation sites is 1. The van der Waals surface area contributed by atoms with E-state index < -0.39 is 11.7 Å². The van der Waals surface area contributed by atoms with E-state index in [1.54, 1.807) is 0 Å². The SMILES string of the molecule is CCc1ccccc1Nc1ncnc(Nc2cccc(C(F)(F)F)c2)c1N. The molecule has 0 unspecified atom stereocenters. The van der Waals surface area contributed by atoms with Crippen molar-refractivity contribution in [1.29, 1.82) is 0 Å². The van der Waals surface area contributed by atoms with Gasteiger partial charge in [0.2, 0.25) is 0 Å². The van der Waals surface area contributed by atoms with Crippen LogP contribution < -0.4 is 16.4 Å². The molecule has 27 heavy (non-hydrogen) atoms. The molecule has 0 aliphatic heterocycles. The monoisotopic (exact) mass is 373 g/mol. The minimum atomic E-state index is -4.43. The molecule has 5 nitrogen and oxygen atoms in total. The van der Waals surface area contributed by atoms with Gasteiger partial charge in [-0.1, -0.05) is 31.2 Å². The number of benzene rings is 2. The highest BCUT2D eigenvalue weighted by atomic mass is 19.4. The number of nitrogens with two attached hydrogens (primary N) is 1. The van der Waals surface area contributed by atoms with Crippen LogP contribution in [-0.2, 0) is 12.6 Å². The van der Waals surface area contributed by atoms with E-state index in [0.29, 0.717) is 5.82 Å². The molecule has 0 atom stereocenters. The standard InChI is InChI=1S/C19H18F3N5/c1-2-12-6-3-4-9-15(12)27-18-16(23)17(24-11-25-18)26-14-8-5-7-13(10-14)19(20,21)22/h3-11H,2,23H2,1H3,(H2,24,25,26,27). The molecule has 1 aromatic heterocycles. The Morgan fingerprint density at radius 2 is 1.67 bits per heavy atom. The maximum absolute atomic E-state index is 12.9. The van der Waals surface area contributed by atoms with Gasteiger partial charge in [-0.25, -0.2) is 9.97 Å². The molecular weight excluding hydrogens is 355 g/mol. The Kier molecular flexibility index (Phi) is 5.16.